The second-order valence-corrected chi connectivity index (χ2v) is 3.57. The Morgan fingerprint density at radius 1 is 1.16 bits per heavy atom. The number of nitrogens with one attached hydrogen (secondary N) is 1. The van der Waals surface area contributed by atoms with Crippen LogP contribution in [0.2, 0.25) is 0 Å². The van der Waals surface area contributed by atoms with E-state index in [1.165, 1.54) is 6.07 Å². The zero-order chi connectivity index (χ0) is 13.5. The summed E-state index contributed by atoms with van der Waals surface area (Å²) in [6.07, 6.45) is -3.33. The first-order valence-electron chi connectivity index (χ1n) is 5.03. The molecule has 1 aromatic carbocycles. The van der Waals surface area contributed by atoms with E-state index in [0.717, 1.165) is 18.5 Å². The van der Waals surface area contributed by atoms with E-state index in [1.54, 1.807) is 0 Å². The molecule has 0 fully saturated rings. The van der Waals surface area contributed by atoms with Crippen molar-refractivity contribution in [3.63, 3.8) is 0 Å². The Hall–Kier alpha value is -2.58. The summed E-state index contributed by atoms with van der Waals surface area (Å²) in [5.74, 6) is 0. The van der Waals surface area contributed by atoms with Crippen molar-refractivity contribution >= 4 is 23.1 Å². The number of nitrogens with zero attached hydrogens (tertiary/aromatic N) is 3. The highest BCUT2D eigenvalue weighted by Gasteiger charge is 2.31. The summed E-state index contributed by atoms with van der Waals surface area (Å²) in [5, 5.41) is 9.48. The fraction of sp³-hybridized carbons (Fsp3) is 0.100. The van der Waals surface area contributed by atoms with Crippen molar-refractivity contribution in [3.8, 4) is 0 Å². The summed E-state index contributed by atoms with van der Waals surface area (Å²) < 4.78 is 47.6. The van der Waals surface area contributed by atoms with Crippen LogP contribution in [-0.2, 0) is 6.18 Å². The van der Waals surface area contributed by atoms with Crippen LogP contribution in [0.25, 0.3) is 11.1 Å². The van der Waals surface area contributed by atoms with Crippen LogP contribution in [0, 0.1) is 0 Å². The van der Waals surface area contributed by atoms with Crippen LogP contribution in [0.5, 0.6) is 0 Å². The molecule has 2 heterocycles. The van der Waals surface area contributed by atoms with Gasteiger partial charge in [-0.15, -0.1) is 5.10 Å². The lowest BCUT2D eigenvalue weighted by Gasteiger charge is -2.04. The largest absolute Gasteiger partial charge is 0.423 e. The second-order valence-electron chi connectivity index (χ2n) is 3.57. The molecule has 19 heavy (non-hydrogen) atoms. The molecule has 0 saturated heterocycles. The van der Waals surface area contributed by atoms with Crippen LogP contribution < -0.4 is 5.32 Å². The van der Waals surface area contributed by atoms with E-state index in [4.69, 9.17) is 8.83 Å². The number of rotatable bonds is 2. The van der Waals surface area contributed by atoms with Gasteiger partial charge in [0, 0.05) is 0 Å². The molecule has 0 amide bonds. The molecule has 0 saturated carbocycles. The normalized spacial score (nSPS) is 11.9. The van der Waals surface area contributed by atoms with Crippen molar-refractivity contribution in [2.24, 2.45) is 0 Å². The van der Waals surface area contributed by atoms with E-state index in [1.807, 2.05) is 0 Å². The molecule has 0 radical (unpaired) electrons. The van der Waals surface area contributed by atoms with E-state index in [-0.39, 0.29) is 23.1 Å². The Morgan fingerprint density at radius 2 is 2.00 bits per heavy atom. The van der Waals surface area contributed by atoms with Gasteiger partial charge in [-0.1, -0.05) is 5.10 Å². The summed E-state index contributed by atoms with van der Waals surface area (Å²) in [4.78, 5) is 3.86. The summed E-state index contributed by atoms with van der Waals surface area (Å²) in [6, 6.07) is 3.02. The molecule has 3 aromatic rings. The van der Waals surface area contributed by atoms with Crippen molar-refractivity contribution in [3.05, 3.63) is 30.2 Å². The third-order valence-corrected chi connectivity index (χ3v) is 2.29. The number of aromatic nitrogens is 3. The quantitative estimate of drug-likeness (QED) is 0.771. The maximum absolute atomic E-state index is 12.5. The average molecular weight is 270 g/mol. The molecular weight excluding hydrogens is 265 g/mol. The lowest BCUT2D eigenvalue weighted by Crippen LogP contribution is -2.03. The van der Waals surface area contributed by atoms with Gasteiger partial charge in [0.05, 0.1) is 5.56 Å². The molecule has 98 valence electrons. The number of alkyl halides is 3. The van der Waals surface area contributed by atoms with Gasteiger partial charge in [-0.25, -0.2) is 0 Å². The molecule has 0 aliphatic carbocycles. The molecule has 0 unspecified atom stereocenters. The Morgan fingerprint density at radius 3 is 2.68 bits per heavy atom. The summed E-state index contributed by atoms with van der Waals surface area (Å²) in [5.41, 5.74) is -0.496. The van der Waals surface area contributed by atoms with Crippen molar-refractivity contribution < 1.29 is 22.0 Å². The van der Waals surface area contributed by atoms with Crippen LogP contribution in [0.15, 0.2) is 33.4 Å². The first-order valence-corrected chi connectivity index (χ1v) is 5.03. The molecule has 0 bridgehead atoms. The maximum Gasteiger partial charge on any atom is 0.416 e. The van der Waals surface area contributed by atoms with Gasteiger partial charge in [-0.3, -0.25) is 5.32 Å². The van der Waals surface area contributed by atoms with Crippen molar-refractivity contribution in [1.29, 1.82) is 0 Å². The Balaban J connectivity index is 1.97. The zero-order valence-corrected chi connectivity index (χ0v) is 9.10. The van der Waals surface area contributed by atoms with Crippen LogP contribution >= 0.6 is 0 Å². The van der Waals surface area contributed by atoms with Crippen LogP contribution in [0.1, 0.15) is 5.56 Å². The molecule has 2 aromatic heterocycles. The molecular formula is C10H5F3N4O2. The first kappa shape index (κ1) is 11.5. The Kier molecular flexibility index (Phi) is 2.40. The van der Waals surface area contributed by atoms with Crippen LogP contribution in [0.4, 0.5) is 25.2 Å². The predicted molar refractivity (Wildman–Crippen MR) is 56.6 cm³/mol. The van der Waals surface area contributed by atoms with Gasteiger partial charge in [0.2, 0.25) is 6.39 Å². The van der Waals surface area contributed by atoms with E-state index in [2.05, 4.69) is 20.5 Å². The molecule has 0 atom stereocenters. The van der Waals surface area contributed by atoms with E-state index < -0.39 is 11.7 Å². The monoisotopic (exact) mass is 270 g/mol. The highest BCUT2D eigenvalue weighted by molar-refractivity contribution is 5.75. The third kappa shape index (κ3) is 2.21. The number of fused-ring (bicyclic) bond motifs is 1. The zero-order valence-electron chi connectivity index (χ0n) is 9.10. The number of benzene rings is 1. The van der Waals surface area contributed by atoms with E-state index in [0.29, 0.717) is 0 Å². The molecule has 0 aliphatic heterocycles. The van der Waals surface area contributed by atoms with Gasteiger partial charge in [0.25, 0.3) is 0 Å². The number of hydrogen-bond acceptors (Lipinski definition) is 6. The lowest BCUT2D eigenvalue weighted by atomic mass is 10.2. The Labute approximate surface area is 103 Å². The number of oxazole rings is 1. The molecule has 3 rings (SSSR count). The summed E-state index contributed by atoms with van der Waals surface area (Å²) in [7, 11) is 0. The van der Waals surface area contributed by atoms with Gasteiger partial charge in [-0.2, -0.15) is 18.2 Å². The highest BCUT2D eigenvalue weighted by atomic mass is 19.4. The molecule has 9 heteroatoms. The van der Waals surface area contributed by atoms with Gasteiger partial charge in [-0.05, 0) is 18.2 Å². The lowest BCUT2D eigenvalue weighted by molar-refractivity contribution is -0.137. The van der Waals surface area contributed by atoms with Gasteiger partial charge >= 0.3 is 18.2 Å². The minimum Gasteiger partial charge on any atom is -0.423 e. The average Bonchev–Trinajstić information content (AvgIpc) is 2.95. The standard InChI is InChI=1S/C10H5F3N4O2/c11-10(12,13)5-1-2-7-6(3-5)15-8(19-7)16-9-17-14-4-18-9/h1-4H,(H,15,16,17). The van der Waals surface area contributed by atoms with Gasteiger partial charge in [0.15, 0.2) is 5.58 Å². The van der Waals surface area contributed by atoms with Gasteiger partial charge < -0.3 is 8.83 Å². The molecule has 0 aliphatic rings. The van der Waals surface area contributed by atoms with Crippen molar-refractivity contribution in [2.75, 3.05) is 5.32 Å². The predicted octanol–water partition coefficient (Wildman–Crippen LogP) is 2.97. The van der Waals surface area contributed by atoms with Crippen LogP contribution in [-0.4, -0.2) is 15.2 Å². The summed E-state index contributed by atoms with van der Waals surface area (Å²) in [6.45, 7) is 0. The fourth-order valence-corrected chi connectivity index (χ4v) is 1.48. The maximum atomic E-state index is 12.5. The second kappa shape index (κ2) is 3.97. The first-order chi connectivity index (χ1) is 9.02. The highest BCUT2D eigenvalue weighted by Crippen LogP contribution is 2.32. The van der Waals surface area contributed by atoms with Crippen molar-refractivity contribution in [1.82, 2.24) is 15.2 Å². The SMILES string of the molecule is FC(F)(F)c1ccc2oc(Nc3nnco3)nc2c1. The molecule has 0 spiro atoms. The van der Waals surface area contributed by atoms with E-state index >= 15 is 0 Å². The minimum atomic E-state index is -4.42. The number of anilines is 2. The fourth-order valence-electron chi connectivity index (χ4n) is 1.48. The van der Waals surface area contributed by atoms with Crippen LogP contribution in [0.3, 0.4) is 0 Å². The topological polar surface area (TPSA) is 77.0 Å². The molecule has 6 nitrogen and oxygen atoms in total. The minimum absolute atomic E-state index is 0.0291. The molecule has 1 N–H and O–H groups in total. The van der Waals surface area contributed by atoms with Gasteiger partial charge in [0.1, 0.15) is 5.52 Å². The van der Waals surface area contributed by atoms with E-state index in [9.17, 15) is 13.2 Å². The Bertz CT molecular complexity index is 705. The number of halogens is 3. The smallest absolute Gasteiger partial charge is 0.416 e. The third-order valence-electron chi connectivity index (χ3n) is 2.29. The number of hydrogen-bond donors (Lipinski definition) is 1. The summed E-state index contributed by atoms with van der Waals surface area (Å²) >= 11 is 0. The van der Waals surface area contributed by atoms with Crippen molar-refractivity contribution in [2.45, 2.75) is 6.18 Å².